The fourth-order valence-corrected chi connectivity index (χ4v) is 2.49. The molecule has 0 amide bonds. The van der Waals surface area contributed by atoms with Crippen molar-refractivity contribution < 1.29 is 5.85 Å². The number of aromatic nitrogens is 1. The lowest BCUT2D eigenvalue weighted by atomic mass is 10.2. The standard InChI is InChI=1S/C15H18N2OSi/c1-12-7-6-9-14(15(12)18-19(2)3)17-11-13-8-4-5-10-16-13/h4-11,19H,1-3H3/p+1. The second-order valence-corrected chi connectivity index (χ2v) is 6.94. The molecule has 2 rings (SSSR count). The van der Waals surface area contributed by atoms with Crippen molar-refractivity contribution in [3.63, 3.8) is 0 Å². The zero-order valence-electron chi connectivity index (χ0n) is 12.5. The Bertz CT molecular complexity index is 573. The molecule has 98 valence electrons. The van der Waals surface area contributed by atoms with E-state index in [2.05, 4.69) is 23.1 Å². The monoisotopic (exact) mass is 271 g/mol. The van der Waals surface area contributed by atoms with Crippen molar-refractivity contribution in [3.05, 3.63) is 53.9 Å². The topological polar surface area (TPSA) is 34.5 Å². The predicted molar refractivity (Wildman–Crippen MR) is 83.3 cm³/mol. The summed E-state index contributed by atoms with van der Waals surface area (Å²) in [7, 11) is -1.14. The molecule has 0 atom stereocenters. The van der Waals surface area contributed by atoms with Crippen LogP contribution in [0.2, 0.25) is 13.1 Å². The maximum absolute atomic E-state index is 5.97. The summed E-state index contributed by atoms with van der Waals surface area (Å²) in [6.45, 7) is 6.35. The van der Waals surface area contributed by atoms with Crippen molar-refractivity contribution in [2.45, 2.75) is 20.0 Å². The van der Waals surface area contributed by atoms with E-state index in [4.69, 9.17) is 4.43 Å². The van der Waals surface area contributed by atoms with Gasteiger partial charge in [-0.1, -0.05) is 18.2 Å². The summed E-state index contributed by atoms with van der Waals surface area (Å²) < 4.78 is 5.97. The Balaban J connectivity index is 0.00000200. The van der Waals surface area contributed by atoms with Gasteiger partial charge in [0.2, 0.25) is 9.04 Å². The molecule has 1 heterocycles. The molecule has 0 spiro atoms. The number of pyridine rings is 1. The molecule has 0 unspecified atom stereocenters. The fraction of sp³-hybridized carbons (Fsp3) is 0.200. The molecule has 0 saturated heterocycles. The highest BCUT2D eigenvalue weighted by atomic mass is 28.3. The molecule has 0 N–H and O–H groups in total. The van der Waals surface area contributed by atoms with E-state index in [0.29, 0.717) is 0 Å². The quantitative estimate of drug-likeness (QED) is 0.629. The van der Waals surface area contributed by atoms with E-state index in [-0.39, 0.29) is 1.43 Å². The Morgan fingerprint density at radius 2 is 2.05 bits per heavy atom. The van der Waals surface area contributed by atoms with E-state index in [1.54, 1.807) is 12.4 Å². The van der Waals surface area contributed by atoms with Crippen LogP contribution in [-0.2, 0) is 0 Å². The molecule has 2 aromatic rings. The number of hydrogen-bond acceptors (Lipinski definition) is 3. The highest BCUT2D eigenvalue weighted by Crippen LogP contribution is 2.31. The highest BCUT2D eigenvalue weighted by molar-refractivity contribution is 6.49. The molecular formula is C15H19N2OSi+. The van der Waals surface area contributed by atoms with Crippen LogP contribution in [0.1, 0.15) is 12.7 Å². The van der Waals surface area contributed by atoms with Crippen LogP contribution in [0.3, 0.4) is 0 Å². The molecule has 0 bridgehead atoms. The first-order chi connectivity index (χ1) is 9.16. The number of para-hydroxylation sites is 1. The van der Waals surface area contributed by atoms with E-state index in [0.717, 1.165) is 22.7 Å². The van der Waals surface area contributed by atoms with Gasteiger partial charge in [0, 0.05) is 6.20 Å². The van der Waals surface area contributed by atoms with Gasteiger partial charge in [-0.25, -0.2) is 0 Å². The second-order valence-electron chi connectivity index (χ2n) is 4.60. The van der Waals surface area contributed by atoms with E-state index in [9.17, 15) is 0 Å². The van der Waals surface area contributed by atoms with Gasteiger partial charge in [0.1, 0.15) is 11.4 Å². The first-order valence-electron chi connectivity index (χ1n) is 6.38. The summed E-state index contributed by atoms with van der Waals surface area (Å²) in [6, 6.07) is 11.8. The van der Waals surface area contributed by atoms with Gasteiger partial charge in [-0.15, -0.1) is 0 Å². The number of rotatable bonds is 4. The molecule has 1 aromatic heterocycles. The van der Waals surface area contributed by atoms with Crippen molar-refractivity contribution in [2.24, 2.45) is 4.99 Å². The zero-order chi connectivity index (χ0) is 13.7. The first-order valence-corrected chi connectivity index (χ1v) is 9.16. The molecular weight excluding hydrogens is 252 g/mol. The van der Waals surface area contributed by atoms with E-state index in [1.807, 2.05) is 43.3 Å². The minimum absolute atomic E-state index is 0. The predicted octanol–water partition coefficient (Wildman–Crippen LogP) is 3.62. The Morgan fingerprint density at radius 3 is 2.74 bits per heavy atom. The maximum atomic E-state index is 5.97. The Morgan fingerprint density at radius 1 is 1.21 bits per heavy atom. The van der Waals surface area contributed by atoms with E-state index in [1.165, 1.54) is 0 Å². The Kier molecular flexibility index (Phi) is 4.47. The van der Waals surface area contributed by atoms with Gasteiger partial charge in [-0.2, -0.15) is 0 Å². The van der Waals surface area contributed by atoms with Crippen molar-refractivity contribution in [3.8, 4) is 5.75 Å². The van der Waals surface area contributed by atoms with Gasteiger partial charge >= 0.3 is 1.43 Å². The van der Waals surface area contributed by atoms with E-state index < -0.39 is 9.04 Å². The van der Waals surface area contributed by atoms with Crippen LogP contribution in [0.15, 0.2) is 47.6 Å². The van der Waals surface area contributed by atoms with Gasteiger partial charge in [-0.05, 0) is 43.8 Å². The molecule has 3 nitrogen and oxygen atoms in total. The summed E-state index contributed by atoms with van der Waals surface area (Å²) >= 11 is 0. The average Bonchev–Trinajstić information content (AvgIpc) is 2.40. The maximum Gasteiger partial charge on any atom is 1.00 e. The zero-order valence-corrected chi connectivity index (χ0v) is 12.7. The number of benzene rings is 1. The number of aryl methyl sites for hydroxylation is 1. The average molecular weight is 271 g/mol. The van der Waals surface area contributed by atoms with Crippen LogP contribution in [0.25, 0.3) is 0 Å². The second kappa shape index (κ2) is 6.29. The van der Waals surface area contributed by atoms with E-state index >= 15 is 0 Å². The highest BCUT2D eigenvalue weighted by Gasteiger charge is 2.07. The van der Waals surface area contributed by atoms with Crippen LogP contribution < -0.4 is 4.43 Å². The van der Waals surface area contributed by atoms with Crippen LogP contribution in [0.4, 0.5) is 5.69 Å². The van der Waals surface area contributed by atoms with Crippen molar-refractivity contribution in [2.75, 3.05) is 0 Å². The lowest BCUT2D eigenvalue weighted by Gasteiger charge is -2.14. The molecule has 0 aliphatic carbocycles. The van der Waals surface area contributed by atoms with Crippen LogP contribution in [0.5, 0.6) is 5.75 Å². The third-order valence-corrected chi connectivity index (χ3v) is 3.28. The summed E-state index contributed by atoms with van der Waals surface area (Å²) in [4.78, 5) is 8.73. The van der Waals surface area contributed by atoms with Crippen LogP contribution >= 0.6 is 0 Å². The normalized spacial score (nSPS) is 11.2. The smallest absolute Gasteiger partial charge is 0.545 e. The van der Waals surface area contributed by atoms with Gasteiger partial charge < -0.3 is 4.43 Å². The van der Waals surface area contributed by atoms with Gasteiger partial charge in [0.05, 0.1) is 11.9 Å². The minimum atomic E-state index is -1.14. The number of aliphatic imine (C=N–C) groups is 1. The van der Waals surface area contributed by atoms with Crippen molar-refractivity contribution >= 4 is 20.9 Å². The third-order valence-electron chi connectivity index (χ3n) is 2.57. The van der Waals surface area contributed by atoms with Crippen LogP contribution in [0, 0.1) is 6.92 Å². The van der Waals surface area contributed by atoms with Crippen LogP contribution in [-0.4, -0.2) is 20.2 Å². The summed E-state index contributed by atoms with van der Waals surface area (Å²) in [5, 5.41) is 0. The molecule has 0 aliphatic heterocycles. The lowest BCUT2D eigenvalue weighted by molar-refractivity contribution is 0.577. The number of hydrogen-bond donors (Lipinski definition) is 0. The van der Waals surface area contributed by atoms with Gasteiger partial charge in [0.25, 0.3) is 0 Å². The van der Waals surface area contributed by atoms with Crippen molar-refractivity contribution in [1.29, 1.82) is 0 Å². The summed E-state index contributed by atoms with van der Waals surface area (Å²) in [6.07, 6.45) is 3.53. The third kappa shape index (κ3) is 3.76. The number of nitrogens with zero attached hydrogens (tertiary/aromatic N) is 2. The Labute approximate surface area is 117 Å². The first kappa shape index (κ1) is 13.5. The largest absolute Gasteiger partial charge is 1.00 e. The molecule has 0 aliphatic rings. The van der Waals surface area contributed by atoms with Crippen molar-refractivity contribution in [1.82, 2.24) is 4.98 Å². The lowest BCUT2D eigenvalue weighted by Crippen LogP contribution is -2.12. The molecule has 4 heteroatoms. The summed E-state index contributed by atoms with van der Waals surface area (Å²) in [5.41, 5.74) is 2.83. The molecule has 0 radical (unpaired) electrons. The molecule has 0 saturated carbocycles. The minimum Gasteiger partial charge on any atom is -0.545 e. The summed E-state index contributed by atoms with van der Waals surface area (Å²) in [5.74, 6) is 0.899. The van der Waals surface area contributed by atoms with Gasteiger partial charge in [0.15, 0.2) is 0 Å². The fourth-order valence-electron chi connectivity index (χ4n) is 1.72. The van der Waals surface area contributed by atoms with Gasteiger partial charge in [-0.3, -0.25) is 9.98 Å². The molecule has 0 fully saturated rings. The molecule has 19 heavy (non-hydrogen) atoms. The Hall–Kier alpha value is -1.94. The SMILES string of the molecule is Cc1cccc(N=Cc2ccccn2)c1O[SiH](C)C.[H+]. The molecule has 1 aromatic carbocycles.